The number of halogens is 1. The fourth-order valence-electron chi connectivity index (χ4n) is 2.48. The van der Waals surface area contributed by atoms with Crippen LogP contribution in [0.25, 0.3) is 0 Å². The van der Waals surface area contributed by atoms with E-state index in [9.17, 15) is 4.39 Å². The Labute approximate surface area is 129 Å². The van der Waals surface area contributed by atoms with E-state index in [-0.39, 0.29) is 23.7 Å². The number of rotatable bonds is 1. The van der Waals surface area contributed by atoms with Crippen molar-refractivity contribution in [3.05, 3.63) is 58.7 Å². The molecule has 3 nitrogen and oxygen atoms in total. The maximum absolute atomic E-state index is 14.2. The summed E-state index contributed by atoms with van der Waals surface area (Å²) in [5.74, 6) is -0.0840. The summed E-state index contributed by atoms with van der Waals surface area (Å²) in [7, 11) is 0. The molecule has 114 valence electrons. The van der Waals surface area contributed by atoms with Gasteiger partial charge in [-0.05, 0) is 51.5 Å². The van der Waals surface area contributed by atoms with E-state index in [2.05, 4.69) is 4.98 Å². The first-order valence-electron chi connectivity index (χ1n) is 7.44. The van der Waals surface area contributed by atoms with E-state index in [0.29, 0.717) is 5.56 Å². The minimum absolute atomic E-state index is 0.0663. The van der Waals surface area contributed by atoms with Crippen molar-refractivity contribution in [3.63, 3.8) is 0 Å². The molecule has 0 unspecified atom stereocenters. The molecular formula is C18H19FN2O. The third-order valence-electron chi connectivity index (χ3n) is 4.15. The Hall–Kier alpha value is -2.23. The molecule has 0 bridgehead atoms. The molecule has 0 N–H and O–H groups in total. The second kappa shape index (κ2) is 5.52. The van der Waals surface area contributed by atoms with Crippen molar-refractivity contribution in [3.8, 4) is 5.75 Å². The Bertz CT molecular complexity index is 755. The Kier molecular flexibility index (Phi) is 3.69. The lowest BCUT2D eigenvalue weighted by Crippen LogP contribution is -2.23. The van der Waals surface area contributed by atoms with Crippen LogP contribution in [0.1, 0.15) is 36.2 Å². The van der Waals surface area contributed by atoms with Gasteiger partial charge in [0, 0.05) is 23.0 Å². The summed E-state index contributed by atoms with van der Waals surface area (Å²) in [6, 6.07) is 6.92. The monoisotopic (exact) mass is 298 g/mol. The first kappa shape index (κ1) is 14.7. The molecule has 0 radical (unpaired) electrons. The molecule has 0 saturated carbocycles. The number of pyridine rings is 1. The molecule has 1 aromatic carbocycles. The molecule has 1 aliphatic heterocycles. The van der Waals surface area contributed by atoms with Crippen LogP contribution in [0.15, 0.2) is 35.5 Å². The fraction of sp³-hybridized carbons (Fsp3) is 0.333. The molecule has 4 heteroatoms. The first-order chi connectivity index (χ1) is 10.5. The van der Waals surface area contributed by atoms with Gasteiger partial charge in [-0.25, -0.2) is 4.39 Å². The fourth-order valence-corrected chi connectivity index (χ4v) is 2.48. The van der Waals surface area contributed by atoms with Crippen molar-refractivity contribution in [1.82, 2.24) is 4.98 Å². The van der Waals surface area contributed by atoms with Gasteiger partial charge in [0.15, 0.2) is 11.6 Å². The van der Waals surface area contributed by atoms with E-state index in [1.807, 2.05) is 39.8 Å². The minimum atomic E-state index is -0.358. The van der Waals surface area contributed by atoms with Crippen LogP contribution in [0.3, 0.4) is 0 Å². The van der Waals surface area contributed by atoms with Gasteiger partial charge in [0.1, 0.15) is 6.10 Å². The number of aliphatic imine (C=N–C) groups is 1. The number of aryl methyl sites for hydroxylation is 2. The van der Waals surface area contributed by atoms with E-state index in [1.54, 1.807) is 12.3 Å². The molecular weight excluding hydrogens is 279 g/mol. The van der Waals surface area contributed by atoms with Crippen LogP contribution in [0.5, 0.6) is 5.75 Å². The van der Waals surface area contributed by atoms with Crippen molar-refractivity contribution in [1.29, 1.82) is 0 Å². The van der Waals surface area contributed by atoms with Crippen LogP contribution in [0.4, 0.5) is 4.39 Å². The zero-order valence-electron chi connectivity index (χ0n) is 13.2. The molecule has 0 amide bonds. The van der Waals surface area contributed by atoms with Gasteiger partial charge in [0.05, 0.1) is 11.8 Å². The van der Waals surface area contributed by atoms with Crippen LogP contribution in [-0.2, 0) is 0 Å². The maximum atomic E-state index is 14.2. The van der Waals surface area contributed by atoms with E-state index < -0.39 is 0 Å². The number of nitrogens with zero attached hydrogens (tertiary/aromatic N) is 2. The molecule has 2 heterocycles. The molecule has 0 aliphatic carbocycles. The van der Waals surface area contributed by atoms with Crippen LogP contribution in [0, 0.1) is 19.7 Å². The van der Waals surface area contributed by atoms with Crippen LogP contribution < -0.4 is 4.74 Å². The molecule has 2 aromatic rings. The third-order valence-corrected chi connectivity index (χ3v) is 4.15. The molecule has 0 spiro atoms. The van der Waals surface area contributed by atoms with Crippen LogP contribution >= 0.6 is 0 Å². The summed E-state index contributed by atoms with van der Waals surface area (Å²) in [5.41, 5.74) is 4.38. The van der Waals surface area contributed by atoms with Gasteiger partial charge in [0.2, 0.25) is 0 Å². The number of para-hydroxylation sites is 1. The summed E-state index contributed by atoms with van der Waals surface area (Å²) >= 11 is 0. The van der Waals surface area contributed by atoms with Gasteiger partial charge >= 0.3 is 0 Å². The Balaban J connectivity index is 2.22. The number of ether oxygens (including phenoxy) is 1. The molecule has 0 saturated heterocycles. The van der Waals surface area contributed by atoms with Gasteiger partial charge in [-0.1, -0.05) is 6.07 Å². The van der Waals surface area contributed by atoms with E-state index >= 15 is 0 Å². The number of hydrogen-bond donors (Lipinski definition) is 0. The van der Waals surface area contributed by atoms with Gasteiger partial charge in [-0.2, -0.15) is 0 Å². The lowest BCUT2D eigenvalue weighted by Gasteiger charge is -2.16. The zero-order chi connectivity index (χ0) is 15.9. The summed E-state index contributed by atoms with van der Waals surface area (Å²) in [6.45, 7) is 7.86. The van der Waals surface area contributed by atoms with Crippen LogP contribution in [-0.4, -0.2) is 22.8 Å². The van der Waals surface area contributed by atoms with E-state index in [1.165, 1.54) is 6.07 Å². The molecule has 1 aliphatic rings. The standard InChI is InChI=1S/C18H19FN2O/c1-10-8-14(9-20-11(10)2)17-15-6-5-7-16(19)18(15)22-13(4)12(3)21-17/h5-9,12-13H,1-4H3/t12-,13-/m0/s1. The average Bonchev–Trinajstić information content (AvgIpc) is 2.61. The number of benzene rings is 1. The molecule has 1 aromatic heterocycles. The summed E-state index contributed by atoms with van der Waals surface area (Å²) in [4.78, 5) is 9.17. The Morgan fingerprint density at radius 3 is 2.68 bits per heavy atom. The number of fused-ring (bicyclic) bond motifs is 1. The third kappa shape index (κ3) is 2.49. The highest BCUT2D eigenvalue weighted by molar-refractivity contribution is 6.14. The van der Waals surface area contributed by atoms with Crippen molar-refractivity contribution in [2.24, 2.45) is 4.99 Å². The van der Waals surface area contributed by atoms with Gasteiger partial charge in [-0.3, -0.25) is 9.98 Å². The highest BCUT2D eigenvalue weighted by Crippen LogP contribution is 2.30. The minimum Gasteiger partial charge on any atom is -0.485 e. The van der Waals surface area contributed by atoms with E-state index in [0.717, 1.165) is 22.5 Å². The van der Waals surface area contributed by atoms with Crippen molar-refractivity contribution < 1.29 is 9.13 Å². The van der Waals surface area contributed by atoms with Crippen molar-refractivity contribution in [2.45, 2.75) is 39.8 Å². The predicted octanol–water partition coefficient (Wildman–Crippen LogP) is 3.84. The Morgan fingerprint density at radius 2 is 1.95 bits per heavy atom. The summed E-state index contributed by atoms with van der Waals surface area (Å²) < 4.78 is 20.0. The molecule has 3 rings (SSSR count). The van der Waals surface area contributed by atoms with Gasteiger partial charge in [-0.15, -0.1) is 0 Å². The smallest absolute Gasteiger partial charge is 0.165 e. The largest absolute Gasteiger partial charge is 0.485 e. The average molecular weight is 298 g/mol. The zero-order valence-corrected chi connectivity index (χ0v) is 13.2. The summed E-state index contributed by atoms with van der Waals surface area (Å²) in [5, 5.41) is 0. The molecule has 0 fully saturated rings. The Morgan fingerprint density at radius 1 is 1.18 bits per heavy atom. The maximum Gasteiger partial charge on any atom is 0.165 e. The quantitative estimate of drug-likeness (QED) is 0.801. The lowest BCUT2D eigenvalue weighted by atomic mass is 10.0. The summed E-state index contributed by atoms with van der Waals surface area (Å²) in [6.07, 6.45) is 1.60. The predicted molar refractivity (Wildman–Crippen MR) is 85.3 cm³/mol. The van der Waals surface area contributed by atoms with Crippen molar-refractivity contribution in [2.75, 3.05) is 0 Å². The lowest BCUT2D eigenvalue weighted by molar-refractivity contribution is 0.192. The highest BCUT2D eigenvalue weighted by Gasteiger charge is 2.26. The topological polar surface area (TPSA) is 34.5 Å². The second-order valence-electron chi connectivity index (χ2n) is 5.78. The SMILES string of the molecule is Cc1cc(C2=N[C@@H](C)[C@H](C)Oc3c(F)cccc32)cnc1C. The van der Waals surface area contributed by atoms with Crippen LogP contribution in [0.2, 0.25) is 0 Å². The highest BCUT2D eigenvalue weighted by atomic mass is 19.1. The first-order valence-corrected chi connectivity index (χ1v) is 7.44. The van der Waals surface area contributed by atoms with Crippen molar-refractivity contribution >= 4 is 5.71 Å². The normalized spacial score (nSPS) is 20.7. The second-order valence-corrected chi connectivity index (χ2v) is 5.78. The molecule has 2 atom stereocenters. The molecule has 22 heavy (non-hydrogen) atoms. The van der Waals surface area contributed by atoms with Gasteiger partial charge < -0.3 is 4.74 Å². The van der Waals surface area contributed by atoms with E-state index in [4.69, 9.17) is 9.73 Å². The van der Waals surface area contributed by atoms with Gasteiger partial charge in [0.25, 0.3) is 0 Å². The number of hydrogen-bond acceptors (Lipinski definition) is 3. The number of aromatic nitrogens is 1.